The van der Waals surface area contributed by atoms with E-state index in [1.54, 1.807) is 36.4 Å². The molecule has 0 aliphatic rings. The van der Waals surface area contributed by atoms with Crippen molar-refractivity contribution >= 4 is 27.3 Å². The summed E-state index contributed by atoms with van der Waals surface area (Å²) in [4.78, 5) is 12.0. The number of halogens is 3. The fourth-order valence-electron chi connectivity index (χ4n) is 2.53. The largest absolute Gasteiger partial charge is 0.416 e. The van der Waals surface area contributed by atoms with Crippen LogP contribution in [0.4, 0.5) is 24.5 Å². The molecule has 0 bridgehead atoms. The molecule has 29 heavy (non-hydrogen) atoms. The molecule has 5 nitrogen and oxygen atoms in total. The van der Waals surface area contributed by atoms with Gasteiger partial charge in [-0.1, -0.05) is 36.4 Å². The van der Waals surface area contributed by atoms with Gasteiger partial charge in [-0.3, -0.25) is 9.52 Å². The molecule has 0 aliphatic heterocycles. The zero-order valence-electron chi connectivity index (χ0n) is 14.8. The second-order valence-corrected chi connectivity index (χ2v) is 7.68. The first-order valence-corrected chi connectivity index (χ1v) is 9.81. The summed E-state index contributed by atoms with van der Waals surface area (Å²) in [6.07, 6.45) is -4.68. The summed E-state index contributed by atoms with van der Waals surface area (Å²) in [6.45, 7) is 0. The molecule has 0 aliphatic carbocycles. The van der Waals surface area contributed by atoms with Gasteiger partial charge in [0.2, 0.25) is 0 Å². The highest BCUT2D eigenvalue weighted by molar-refractivity contribution is 7.92. The predicted octanol–water partition coefficient (Wildman–Crippen LogP) is 4.76. The number of sulfonamides is 1. The maximum Gasteiger partial charge on any atom is 0.416 e. The molecule has 0 fully saturated rings. The van der Waals surface area contributed by atoms with Gasteiger partial charge in [0.25, 0.3) is 15.9 Å². The fourth-order valence-corrected chi connectivity index (χ4v) is 3.66. The number of hydrogen-bond donors (Lipinski definition) is 2. The van der Waals surface area contributed by atoms with Gasteiger partial charge in [-0.15, -0.1) is 0 Å². The van der Waals surface area contributed by atoms with E-state index in [-0.39, 0.29) is 11.3 Å². The van der Waals surface area contributed by atoms with Crippen molar-refractivity contribution in [3.05, 3.63) is 90.0 Å². The maximum atomic E-state index is 12.9. The second-order valence-electron chi connectivity index (χ2n) is 6.00. The lowest BCUT2D eigenvalue weighted by atomic mass is 10.1. The van der Waals surface area contributed by atoms with E-state index >= 15 is 0 Å². The van der Waals surface area contributed by atoms with Crippen molar-refractivity contribution in [2.24, 2.45) is 0 Å². The minimum Gasteiger partial charge on any atom is -0.322 e. The Bertz CT molecular complexity index is 1130. The third-order valence-corrected chi connectivity index (χ3v) is 5.28. The average Bonchev–Trinajstić information content (AvgIpc) is 2.68. The average molecular weight is 420 g/mol. The number of para-hydroxylation sites is 2. The lowest BCUT2D eigenvalue weighted by Crippen LogP contribution is -2.19. The van der Waals surface area contributed by atoms with E-state index < -0.39 is 32.6 Å². The Hall–Kier alpha value is -3.33. The Balaban J connectivity index is 1.90. The van der Waals surface area contributed by atoms with E-state index in [9.17, 15) is 26.4 Å². The van der Waals surface area contributed by atoms with E-state index in [4.69, 9.17) is 0 Å². The van der Waals surface area contributed by atoms with Crippen LogP contribution in [-0.2, 0) is 16.2 Å². The molecular weight excluding hydrogens is 405 g/mol. The van der Waals surface area contributed by atoms with Gasteiger partial charge < -0.3 is 5.32 Å². The molecule has 1 amide bonds. The molecule has 0 spiro atoms. The summed E-state index contributed by atoms with van der Waals surface area (Å²) >= 11 is 0. The van der Waals surface area contributed by atoms with Crippen molar-refractivity contribution in [3.8, 4) is 0 Å². The minimum absolute atomic E-state index is 0.0203. The van der Waals surface area contributed by atoms with Crippen molar-refractivity contribution in [2.75, 3.05) is 10.0 Å². The van der Waals surface area contributed by atoms with Gasteiger partial charge in [-0.05, 0) is 42.5 Å². The van der Waals surface area contributed by atoms with E-state index in [1.807, 2.05) is 0 Å². The Morgan fingerprint density at radius 3 is 2.17 bits per heavy atom. The monoisotopic (exact) mass is 420 g/mol. The SMILES string of the molecule is O=C(Nc1ccccc1)c1ccccc1NS(=O)(=O)c1cccc(C(F)(F)F)c1. The van der Waals surface area contributed by atoms with E-state index in [0.29, 0.717) is 11.8 Å². The molecule has 0 unspecified atom stereocenters. The third-order valence-electron chi connectivity index (χ3n) is 3.92. The molecule has 3 aromatic carbocycles. The van der Waals surface area contributed by atoms with Crippen molar-refractivity contribution in [1.82, 2.24) is 0 Å². The first-order valence-electron chi connectivity index (χ1n) is 8.32. The molecule has 2 N–H and O–H groups in total. The van der Waals surface area contributed by atoms with E-state index in [2.05, 4.69) is 10.0 Å². The van der Waals surface area contributed by atoms with Crippen molar-refractivity contribution in [2.45, 2.75) is 11.1 Å². The quantitative estimate of drug-likeness (QED) is 0.625. The molecule has 3 aromatic rings. The van der Waals surface area contributed by atoms with Crippen LogP contribution in [-0.4, -0.2) is 14.3 Å². The first-order chi connectivity index (χ1) is 13.7. The molecule has 0 saturated carbocycles. The molecule has 9 heteroatoms. The van der Waals surface area contributed by atoms with Crippen LogP contribution < -0.4 is 10.0 Å². The van der Waals surface area contributed by atoms with Gasteiger partial charge in [-0.25, -0.2) is 8.42 Å². The molecular formula is C20H15F3N2O3S. The lowest BCUT2D eigenvalue weighted by molar-refractivity contribution is -0.137. The van der Waals surface area contributed by atoms with Crippen molar-refractivity contribution in [3.63, 3.8) is 0 Å². The molecule has 150 valence electrons. The number of carbonyl (C=O) groups excluding carboxylic acids is 1. The number of carbonyl (C=O) groups is 1. The van der Waals surface area contributed by atoms with Crippen LogP contribution in [0.2, 0.25) is 0 Å². The Kier molecular flexibility index (Phi) is 5.60. The Morgan fingerprint density at radius 2 is 1.48 bits per heavy atom. The highest BCUT2D eigenvalue weighted by atomic mass is 32.2. The van der Waals surface area contributed by atoms with Gasteiger partial charge in [-0.2, -0.15) is 13.2 Å². The number of benzene rings is 3. The van der Waals surface area contributed by atoms with Gasteiger partial charge in [0.1, 0.15) is 0 Å². The van der Waals surface area contributed by atoms with Gasteiger partial charge in [0.05, 0.1) is 21.7 Å². The maximum absolute atomic E-state index is 12.9. The van der Waals surface area contributed by atoms with Gasteiger partial charge in [0, 0.05) is 5.69 Å². The lowest BCUT2D eigenvalue weighted by Gasteiger charge is -2.14. The summed E-state index contributed by atoms with van der Waals surface area (Å²) in [5, 5.41) is 2.63. The van der Waals surface area contributed by atoms with Crippen LogP contribution in [0.3, 0.4) is 0 Å². The van der Waals surface area contributed by atoms with E-state index in [0.717, 1.165) is 18.2 Å². The van der Waals surface area contributed by atoms with Crippen molar-refractivity contribution < 1.29 is 26.4 Å². The Morgan fingerprint density at radius 1 is 0.828 bits per heavy atom. The van der Waals surface area contributed by atoms with Gasteiger partial charge in [0.15, 0.2) is 0 Å². The fraction of sp³-hybridized carbons (Fsp3) is 0.0500. The third kappa shape index (κ3) is 4.94. The summed E-state index contributed by atoms with van der Waals surface area (Å²) in [5.41, 5.74) is -0.617. The van der Waals surface area contributed by atoms with Crippen molar-refractivity contribution in [1.29, 1.82) is 0 Å². The standard InChI is InChI=1S/C20H15F3N2O3S/c21-20(22,23)14-7-6-10-16(13-14)29(27,28)25-18-12-5-4-11-17(18)19(26)24-15-8-2-1-3-9-15/h1-13,25H,(H,24,26). The molecule has 0 aromatic heterocycles. The molecule has 0 saturated heterocycles. The zero-order valence-corrected chi connectivity index (χ0v) is 15.6. The second kappa shape index (κ2) is 7.96. The van der Waals surface area contributed by atoms with Crippen LogP contribution in [0.1, 0.15) is 15.9 Å². The minimum atomic E-state index is -4.68. The smallest absolute Gasteiger partial charge is 0.322 e. The number of anilines is 2. The molecule has 0 heterocycles. The number of rotatable bonds is 5. The highest BCUT2D eigenvalue weighted by Gasteiger charge is 2.31. The number of amides is 1. The number of hydrogen-bond acceptors (Lipinski definition) is 3. The van der Waals surface area contributed by atoms with Crippen LogP contribution in [0.15, 0.2) is 83.8 Å². The summed E-state index contributed by atoms with van der Waals surface area (Å²) in [6, 6.07) is 17.7. The van der Waals surface area contributed by atoms with Gasteiger partial charge >= 0.3 is 6.18 Å². The zero-order chi connectivity index (χ0) is 21.1. The summed E-state index contributed by atoms with van der Waals surface area (Å²) < 4.78 is 66.1. The number of alkyl halides is 3. The number of nitrogens with one attached hydrogen (secondary N) is 2. The molecule has 0 radical (unpaired) electrons. The first kappa shape index (κ1) is 20.4. The predicted molar refractivity (Wildman–Crippen MR) is 103 cm³/mol. The molecule has 0 atom stereocenters. The topological polar surface area (TPSA) is 75.3 Å². The molecule has 3 rings (SSSR count). The van der Waals surface area contributed by atoms with Crippen LogP contribution >= 0.6 is 0 Å². The van der Waals surface area contributed by atoms with E-state index in [1.165, 1.54) is 18.2 Å². The van der Waals surface area contributed by atoms with Crippen LogP contribution in [0, 0.1) is 0 Å². The Labute approximate surface area is 165 Å². The van der Waals surface area contributed by atoms with Crippen LogP contribution in [0.25, 0.3) is 0 Å². The highest BCUT2D eigenvalue weighted by Crippen LogP contribution is 2.31. The van der Waals surface area contributed by atoms with Crippen LogP contribution in [0.5, 0.6) is 0 Å². The normalized spacial score (nSPS) is 11.7. The summed E-state index contributed by atoms with van der Waals surface area (Å²) in [7, 11) is -4.35. The summed E-state index contributed by atoms with van der Waals surface area (Å²) in [5.74, 6) is -0.571.